The van der Waals surface area contributed by atoms with Crippen molar-refractivity contribution in [1.29, 1.82) is 0 Å². The predicted octanol–water partition coefficient (Wildman–Crippen LogP) is 4.02. The molecule has 3 rings (SSSR count). The Morgan fingerprint density at radius 3 is 2.45 bits per heavy atom. The van der Waals surface area contributed by atoms with Gasteiger partial charge >= 0.3 is 5.97 Å². The molecule has 2 aliphatic rings. The summed E-state index contributed by atoms with van der Waals surface area (Å²) in [6, 6.07) is -0.261. The Morgan fingerprint density at radius 1 is 1.21 bits per heavy atom. The van der Waals surface area contributed by atoms with Crippen LogP contribution in [0.25, 0.3) is 6.08 Å². The molecule has 2 saturated heterocycles. The first-order chi connectivity index (χ1) is 17.6. The van der Waals surface area contributed by atoms with Crippen molar-refractivity contribution in [2.45, 2.75) is 110 Å². The number of nitrogens with zero attached hydrogens (tertiary/aromatic N) is 2. The monoisotopic (exact) mass is 550 g/mol. The SMILES string of the molecule is CC(=Cc1csc(C)n1)[C@H]1OC(=O)C[C@H](O)C(C)(C)C(=O)[C@H](C)[C@@H](O)[C@@H](C)CCC[C@@]2(C)O[C@H]2C1N(C)C. The number of aliphatic hydroxyl groups excluding tert-OH is 2. The minimum atomic E-state index is -1.26. The highest BCUT2D eigenvalue weighted by molar-refractivity contribution is 7.09. The molecule has 2 N–H and O–H groups in total. The van der Waals surface area contributed by atoms with E-state index >= 15 is 0 Å². The number of carbonyl (C=O) groups is 2. The van der Waals surface area contributed by atoms with Crippen LogP contribution in [0.1, 0.15) is 77.9 Å². The molecule has 0 aromatic carbocycles. The van der Waals surface area contributed by atoms with Crippen LogP contribution in [-0.2, 0) is 19.1 Å². The van der Waals surface area contributed by atoms with Gasteiger partial charge < -0.3 is 24.6 Å². The number of aliphatic hydroxyl groups is 2. The van der Waals surface area contributed by atoms with Crippen LogP contribution in [0.2, 0.25) is 0 Å². The van der Waals surface area contributed by atoms with E-state index in [-0.39, 0.29) is 35.9 Å². The standard InChI is InChI=1S/C29H46N2O6S/c1-16-11-10-12-29(7)27(37-29)23(31(8)9)25(17(2)13-20-15-38-19(4)30-20)36-22(33)14-21(32)28(5,6)26(35)18(3)24(16)34/h13,15-16,18,21,23-25,27,32,34H,10-12,14H2,1-9H3/t16-,18+,21-,23?,24-,25+,27-,29+/m0/s1. The summed E-state index contributed by atoms with van der Waals surface area (Å²) in [5, 5.41) is 24.9. The first-order valence-electron chi connectivity index (χ1n) is 13.6. The van der Waals surface area contributed by atoms with E-state index in [1.54, 1.807) is 32.1 Å². The maximum atomic E-state index is 13.3. The summed E-state index contributed by atoms with van der Waals surface area (Å²) in [6.45, 7) is 12.9. The van der Waals surface area contributed by atoms with Crippen molar-refractivity contribution in [3.63, 3.8) is 0 Å². The second kappa shape index (κ2) is 11.8. The molecule has 0 bridgehead atoms. The van der Waals surface area contributed by atoms with E-state index in [4.69, 9.17) is 9.47 Å². The fourth-order valence-corrected chi connectivity index (χ4v) is 6.30. The lowest BCUT2D eigenvalue weighted by atomic mass is 9.73. The van der Waals surface area contributed by atoms with Gasteiger partial charge in [0.15, 0.2) is 0 Å². The molecule has 0 saturated carbocycles. The Bertz CT molecular complexity index is 1040. The number of ketones is 1. The summed E-state index contributed by atoms with van der Waals surface area (Å²) < 4.78 is 12.4. The minimum Gasteiger partial charge on any atom is -0.456 e. The number of thiazole rings is 1. The lowest BCUT2D eigenvalue weighted by Crippen LogP contribution is -2.49. The quantitative estimate of drug-likeness (QED) is 0.429. The molecule has 0 spiro atoms. The van der Waals surface area contributed by atoms with Gasteiger partial charge in [0, 0.05) is 11.3 Å². The number of aryl methyl sites for hydroxylation is 1. The Morgan fingerprint density at radius 2 is 1.87 bits per heavy atom. The molecule has 214 valence electrons. The summed E-state index contributed by atoms with van der Waals surface area (Å²) in [4.78, 5) is 33.2. The van der Waals surface area contributed by atoms with Crippen LogP contribution in [0, 0.1) is 24.2 Å². The zero-order valence-corrected chi connectivity index (χ0v) is 25.2. The average molecular weight is 551 g/mol. The zero-order valence-electron chi connectivity index (χ0n) is 24.4. The van der Waals surface area contributed by atoms with Crippen LogP contribution in [-0.4, -0.2) is 82.0 Å². The molecular weight excluding hydrogens is 504 g/mol. The first-order valence-corrected chi connectivity index (χ1v) is 14.5. The lowest BCUT2D eigenvalue weighted by Gasteiger charge is -2.36. The second-order valence-corrected chi connectivity index (χ2v) is 13.4. The smallest absolute Gasteiger partial charge is 0.309 e. The molecule has 8 atom stereocenters. The van der Waals surface area contributed by atoms with Crippen LogP contribution in [0.4, 0.5) is 0 Å². The summed E-state index contributed by atoms with van der Waals surface area (Å²) >= 11 is 1.55. The second-order valence-electron chi connectivity index (χ2n) is 12.4. The highest BCUT2D eigenvalue weighted by Crippen LogP contribution is 2.46. The van der Waals surface area contributed by atoms with Gasteiger partial charge in [0.2, 0.25) is 0 Å². The molecule has 38 heavy (non-hydrogen) atoms. The van der Waals surface area contributed by atoms with E-state index in [1.807, 2.05) is 51.2 Å². The number of hydrogen-bond donors (Lipinski definition) is 2. The van der Waals surface area contributed by atoms with Crippen molar-refractivity contribution >= 4 is 29.2 Å². The van der Waals surface area contributed by atoms with Crippen LogP contribution >= 0.6 is 11.3 Å². The van der Waals surface area contributed by atoms with Crippen molar-refractivity contribution in [3.8, 4) is 0 Å². The molecule has 1 aromatic rings. The van der Waals surface area contributed by atoms with Crippen LogP contribution in [0.3, 0.4) is 0 Å². The van der Waals surface area contributed by atoms with Gasteiger partial charge in [-0.2, -0.15) is 0 Å². The van der Waals surface area contributed by atoms with Crippen LogP contribution in [0.5, 0.6) is 0 Å². The molecule has 3 heterocycles. The third kappa shape index (κ3) is 6.73. The van der Waals surface area contributed by atoms with Crippen molar-refractivity contribution in [2.24, 2.45) is 17.3 Å². The molecule has 1 unspecified atom stereocenters. The van der Waals surface area contributed by atoms with E-state index in [0.717, 1.165) is 35.5 Å². The third-order valence-corrected chi connectivity index (χ3v) is 9.34. The maximum Gasteiger partial charge on any atom is 0.309 e. The Kier molecular flexibility index (Phi) is 9.62. The average Bonchev–Trinajstić information content (AvgIpc) is 3.30. The number of cyclic esters (lactones) is 1. The predicted molar refractivity (Wildman–Crippen MR) is 149 cm³/mol. The molecule has 9 heteroatoms. The van der Waals surface area contributed by atoms with E-state index in [1.165, 1.54) is 0 Å². The van der Waals surface area contributed by atoms with Gasteiger partial charge in [-0.3, -0.25) is 9.59 Å². The number of fused-ring (bicyclic) bond motifs is 1. The first kappa shape index (κ1) is 30.9. The molecule has 2 fully saturated rings. The van der Waals surface area contributed by atoms with Gasteiger partial charge in [-0.05, 0) is 65.3 Å². The molecule has 0 radical (unpaired) electrons. The Hall–Kier alpha value is -1.65. The molecule has 1 aromatic heterocycles. The van der Waals surface area contributed by atoms with Crippen LogP contribution < -0.4 is 0 Å². The van der Waals surface area contributed by atoms with Gasteiger partial charge in [-0.15, -0.1) is 11.3 Å². The van der Waals surface area contributed by atoms with E-state index in [0.29, 0.717) is 0 Å². The summed E-state index contributed by atoms with van der Waals surface area (Å²) in [5.74, 6) is -1.62. The number of carbonyl (C=O) groups excluding carboxylic acids is 2. The van der Waals surface area contributed by atoms with Gasteiger partial charge in [0.1, 0.15) is 18.0 Å². The molecule has 0 amide bonds. The lowest BCUT2D eigenvalue weighted by molar-refractivity contribution is -0.156. The number of hydrogen-bond acceptors (Lipinski definition) is 9. The summed E-state index contributed by atoms with van der Waals surface area (Å²) in [7, 11) is 3.89. The highest BCUT2D eigenvalue weighted by Gasteiger charge is 2.59. The van der Waals surface area contributed by atoms with Crippen molar-refractivity contribution in [3.05, 3.63) is 21.7 Å². The zero-order chi connectivity index (χ0) is 28.6. The van der Waals surface area contributed by atoms with Gasteiger partial charge in [-0.25, -0.2) is 4.98 Å². The number of likely N-dealkylation sites (N-methyl/N-ethyl adjacent to an activating group) is 1. The molecule has 8 nitrogen and oxygen atoms in total. The number of aromatic nitrogens is 1. The molecular formula is C29H46N2O6S. The number of rotatable bonds is 3. The largest absolute Gasteiger partial charge is 0.456 e. The topological polar surface area (TPSA) is 112 Å². The summed E-state index contributed by atoms with van der Waals surface area (Å²) in [6.07, 6.45) is 1.09. The van der Waals surface area contributed by atoms with E-state index < -0.39 is 35.6 Å². The number of ether oxygens (including phenoxy) is 2. The van der Waals surface area contributed by atoms with Crippen molar-refractivity contribution < 1.29 is 29.3 Å². The maximum absolute atomic E-state index is 13.3. The van der Waals surface area contributed by atoms with Gasteiger partial charge in [0.05, 0.1) is 46.4 Å². The van der Waals surface area contributed by atoms with Gasteiger partial charge in [0.25, 0.3) is 0 Å². The molecule has 0 aliphatic carbocycles. The number of esters is 1. The third-order valence-electron chi connectivity index (χ3n) is 8.55. The Balaban J connectivity index is 1.99. The van der Waals surface area contributed by atoms with Gasteiger partial charge in [-0.1, -0.05) is 34.1 Å². The highest BCUT2D eigenvalue weighted by atomic mass is 32.1. The fraction of sp³-hybridized carbons (Fsp3) is 0.759. The fourth-order valence-electron chi connectivity index (χ4n) is 5.73. The van der Waals surface area contributed by atoms with Crippen molar-refractivity contribution in [2.75, 3.05) is 14.1 Å². The number of epoxide rings is 1. The number of Topliss-reactive ketones (excluding diaryl/α,β-unsaturated/α-hetero) is 1. The minimum absolute atomic E-state index is 0.0929. The van der Waals surface area contributed by atoms with E-state index in [2.05, 4.69) is 11.9 Å². The summed E-state index contributed by atoms with van der Waals surface area (Å²) in [5.41, 5.74) is 0.0188. The van der Waals surface area contributed by atoms with E-state index in [9.17, 15) is 19.8 Å². The Labute approximate surface area is 231 Å². The van der Waals surface area contributed by atoms with Crippen molar-refractivity contribution in [1.82, 2.24) is 9.88 Å². The normalized spacial score (nSPS) is 37.6. The van der Waals surface area contributed by atoms with Crippen LogP contribution in [0.15, 0.2) is 11.0 Å². The molecule has 2 aliphatic heterocycles.